The molecule has 0 aliphatic rings. The molecule has 0 N–H and O–H groups in total. The number of hydrogen-bond donors (Lipinski definition) is 0. The van der Waals surface area contributed by atoms with Gasteiger partial charge in [-0.05, 0) is 0 Å². The van der Waals surface area contributed by atoms with E-state index in [0.717, 1.165) is 19.0 Å². The van der Waals surface area contributed by atoms with E-state index in [2.05, 4.69) is 106 Å². The van der Waals surface area contributed by atoms with Crippen molar-refractivity contribution in [2.24, 2.45) is 0 Å². The Hall–Kier alpha value is -1.76. The van der Waals surface area contributed by atoms with Crippen molar-refractivity contribution in [1.82, 2.24) is 0 Å². The second-order valence-corrected chi connectivity index (χ2v) is 16.1. The molecule has 0 aromatic heterocycles. The van der Waals surface area contributed by atoms with Gasteiger partial charge in [0.25, 0.3) is 0 Å². The molecule has 0 amide bonds. The zero-order valence-corrected chi connectivity index (χ0v) is 18.2. The Morgan fingerprint density at radius 3 is 1.41 bits per heavy atom. The normalized spacial score (nSPS) is 12.9. The Balaban J connectivity index is 2.21. The minimum atomic E-state index is -2.81. The van der Waals surface area contributed by atoms with Crippen molar-refractivity contribution in [3.63, 3.8) is 0 Å². The summed E-state index contributed by atoms with van der Waals surface area (Å²) in [6.07, 6.45) is 3.57. The first kappa shape index (κ1) is 20.0. The van der Waals surface area contributed by atoms with Gasteiger partial charge in [-0.25, -0.2) is 0 Å². The molecule has 0 bridgehead atoms. The predicted molar refractivity (Wildman–Crippen MR) is 123 cm³/mol. The summed E-state index contributed by atoms with van der Waals surface area (Å²) >= 11 is 4.43. The van der Waals surface area contributed by atoms with Crippen LogP contribution in [0.3, 0.4) is 0 Å². The Morgan fingerprint density at radius 2 is 1.07 bits per heavy atom. The van der Waals surface area contributed by atoms with Crippen LogP contribution in [-0.4, -0.2) is 11.9 Å². The van der Waals surface area contributed by atoms with Gasteiger partial charge in [0, 0.05) is 0 Å². The number of benzene rings is 3. The molecule has 3 heteroatoms. The van der Waals surface area contributed by atoms with Crippen LogP contribution in [0.15, 0.2) is 91.0 Å². The van der Waals surface area contributed by atoms with Gasteiger partial charge < -0.3 is 0 Å². The van der Waals surface area contributed by atoms with Crippen molar-refractivity contribution < 1.29 is 4.79 Å². The van der Waals surface area contributed by atoms with E-state index in [1.165, 1.54) is 15.9 Å². The number of carbonyl (C=O) groups is 1. The van der Waals surface area contributed by atoms with E-state index in [4.69, 9.17) is 0 Å². The third-order valence-electron chi connectivity index (χ3n) is 5.24. The summed E-state index contributed by atoms with van der Waals surface area (Å²) in [5.41, 5.74) is 0. The molecule has 3 rings (SSSR count). The summed E-state index contributed by atoms with van der Waals surface area (Å²) in [5, 5.41) is 1.20. The standard InChI is InChI=1S/C24H26BrOP/c1-21(26)13-11-12-20-27(25,22-14-5-2-6-15-22,23-16-7-3-8-17-23)24-18-9-4-10-19-24/h2-10,14-19H,11-13,20H2,1H3. The zero-order chi connectivity index (χ0) is 19.2. The van der Waals surface area contributed by atoms with Crippen LogP contribution < -0.4 is 15.9 Å². The molecule has 0 atom stereocenters. The maximum atomic E-state index is 11.5. The van der Waals surface area contributed by atoms with Crippen molar-refractivity contribution in [2.75, 3.05) is 6.16 Å². The molecule has 0 aliphatic carbocycles. The van der Waals surface area contributed by atoms with E-state index in [1.54, 1.807) is 6.92 Å². The molecular formula is C24H26BrOP. The van der Waals surface area contributed by atoms with Crippen molar-refractivity contribution in [3.8, 4) is 0 Å². The van der Waals surface area contributed by atoms with E-state index < -0.39 is 5.31 Å². The molecule has 0 radical (unpaired) electrons. The summed E-state index contributed by atoms with van der Waals surface area (Å²) in [7, 11) is 0. The van der Waals surface area contributed by atoms with Crippen LogP contribution in [0, 0.1) is 0 Å². The molecule has 140 valence electrons. The van der Waals surface area contributed by atoms with Gasteiger partial charge in [-0.3, -0.25) is 0 Å². The van der Waals surface area contributed by atoms with E-state index in [9.17, 15) is 4.79 Å². The van der Waals surface area contributed by atoms with Crippen LogP contribution in [0.2, 0.25) is 0 Å². The van der Waals surface area contributed by atoms with Gasteiger partial charge in [0.2, 0.25) is 0 Å². The van der Waals surface area contributed by atoms with E-state index in [1.807, 2.05) is 0 Å². The Kier molecular flexibility index (Phi) is 6.29. The first-order chi connectivity index (χ1) is 13.1. The van der Waals surface area contributed by atoms with Crippen LogP contribution in [0.1, 0.15) is 26.2 Å². The molecule has 0 fully saturated rings. The van der Waals surface area contributed by atoms with Gasteiger partial charge in [-0.2, -0.15) is 0 Å². The molecule has 1 nitrogen and oxygen atoms in total. The maximum absolute atomic E-state index is 11.5. The number of carbonyl (C=O) groups excluding carboxylic acids is 1. The molecule has 0 spiro atoms. The molecule has 3 aromatic carbocycles. The third-order valence-corrected chi connectivity index (χ3v) is 15.3. The summed E-state index contributed by atoms with van der Waals surface area (Å²) < 4.78 is 0. The number of rotatable bonds is 8. The van der Waals surface area contributed by atoms with Gasteiger partial charge in [0.1, 0.15) is 0 Å². The minimum absolute atomic E-state index is 0.268. The number of halogens is 1. The fourth-order valence-electron chi connectivity index (χ4n) is 3.83. The topological polar surface area (TPSA) is 17.1 Å². The summed E-state index contributed by atoms with van der Waals surface area (Å²) in [6, 6.07) is 32.5. The van der Waals surface area contributed by atoms with Crippen LogP contribution in [0.25, 0.3) is 0 Å². The average molecular weight is 441 g/mol. The number of hydrogen-bond acceptors (Lipinski definition) is 1. The molecule has 0 aliphatic heterocycles. The quantitative estimate of drug-likeness (QED) is 0.329. The van der Waals surface area contributed by atoms with Crippen molar-refractivity contribution in [3.05, 3.63) is 91.0 Å². The van der Waals surface area contributed by atoms with Crippen LogP contribution in [0.5, 0.6) is 0 Å². The number of unbranched alkanes of at least 4 members (excludes halogenated alkanes) is 1. The monoisotopic (exact) mass is 440 g/mol. The van der Waals surface area contributed by atoms with Crippen molar-refractivity contribution in [2.45, 2.75) is 26.2 Å². The zero-order valence-electron chi connectivity index (χ0n) is 15.7. The molecular weight excluding hydrogens is 415 g/mol. The number of ketones is 1. The van der Waals surface area contributed by atoms with Crippen molar-refractivity contribution >= 4 is 42.5 Å². The molecule has 0 saturated carbocycles. The molecule has 27 heavy (non-hydrogen) atoms. The fourth-order valence-corrected chi connectivity index (χ4v) is 11.6. The second-order valence-electron chi connectivity index (χ2n) is 7.07. The fraction of sp³-hybridized carbons (Fsp3) is 0.208. The first-order valence-corrected chi connectivity index (χ1v) is 13.9. The Bertz CT molecular complexity index is 779. The summed E-state index contributed by atoms with van der Waals surface area (Å²) in [4.78, 5) is 11.5. The number of Topliss-reactive ketones (excluding diaryl/α,β-unsaturated/α-hetero) is 1. The molecule has 3 aromatic rings. The van der Waals surface area contributed by atoms with E-state index in [-0.39, 0.29) is 5.78 Å². The molecule has 0 unspecified atom stereocenters. The van der Waals surface area contributed by atoms with Crippen LogP contribution >= 0.6 is 20.8 Å². The third kappa shape index (κ3) is 3.93. The van der Waals surface area contributed by atoms with E-state index in [0.29, 0.717) is 6.42 Å². The van der Waals surface area contributed by atoms with E-state index >= 15 is 0 Å². The average Bonchev–Trinajstić information content (AvgIpc) is 2.73. The second kappa shape index (κ2) is 8.50. The van der Waals surface area contributed by atoms with Gasteiger partial charge >= 0.3 is 171 Å². The van der Waals surface area contributed by atoms with Crippen molar-refractivity contribution in [1.29, 1.82) is 0 Å². The van der Waals surface area contributed by atoms with Gasteiger partial charge in [-0.1, -0.05) is 0 Å². The SMILES string of the molecule is CC(=O)CCCCP(Br)(c1ccccc1)(c1ccccc1)c1ccccc1. The summed E-state index contributed by atoms with van der Waals surface area (Å²) in [6.45, 7) is 1.68. The van der Waals surface area contributed by atoms with Crippen LogP contribution in [0.4, 0.5) is 0 Å². The molecule has 0 saturated heterocycles. The van der Waals surface area contributed by atoms with Gasteiger partial charge in [0.05, 0.1) is 0 Å². The van der Waals surface area contributed by atoms with Gasteiger partial charge in [0.15, 0.2) is 0 Å². The van der Waals surface area contributed by atoms with Gasteiger partial charge in [-0.15, -0.1) is 0 Å². The Labute approximate surface area is 170 Å². The van der Waals surface area contributed by atoms with Crippen LogP contribution in [-0.2, 0) is 4.79 Å². The predicted octanol–water partition coefficient (Wildman–Crippen LogP) is 5.59. The Morgan fingerprint density at radius 1 is 0.704 bits per heavy atom. The molecule has 0 heterocycles. The summed E-state index contributed by atoms with van der Waals surface area (Å²) in [5.74, 6) is 0.268. The first-order valence-electron chi connectivity index (χ1n) is 9.45.